The Hall–Kier alpha value is -0.990. The molecule has 13 heavy (non-hydrogen) atoms. The first-order valence-corrected chi connectivity index (χ1v) is 5.05. The monoisotopic (exact) mass is 179 g/mol. The number of rotatable bonds is 1. The van der Waals surface area contributed by atoms with Crippen LogP contribution in [0.3, 0.4) is 0 Å². The summed E-state index contributed by atoms with van der Waals surface area (Å²) >= 11 is 0. The van der Waals surface area contributed by atoms with Crippen LogP contribution in [0.25, 0.3) is 0 Å². The molecular formula is C10H17N3. The van der Waals surface area contributed by atoms with Crippen LogP contribution in [0.5, 0.6) is 0 Å². The Labute approximate surface area is 79.2 Å². The first kappa shape index (κ1) is 8.60. The third-order valence-electron chi connectivity index (χ3n) is 2.69. The van der Waals surface area contributed by atoms with Gasteiger partial charge in [-0.05, 0) is 26.7 Å². The first-order valence-electron chi connectivity index (χ1n) is 5.05. The zero-order valence-electron chi connectivity index (χ0n) is 8.54. The summed E-state index contributed by atoms with van der Waals surface area (Å²) in [5.74, 6) is 1.04. The minimum absolute atomic E-state index is 0.551. The van der Waals surface area contributed by atoms with Crippen molar-refractivity contribution >= 4 is 5.95 Å². The van der Waals surface area contributed by atoms with E-state index >= 15 is 0 Å². The second-order valence-corrected chi connectivity index (χ2v) is 3.95. The predicted molar refractivity (Wildman–Crippen MR) is 54.0 cm³/mol. The Morgan fingerprint density at radius 3 is 3.08 bits per heavy atom. The molecule has 2 heterocycles. The highest BCUT2D eigenvalue weighted by molar-refractivity contribution is 5.33. The Kier molecular flexibility index (Phi) is 2.02. The van der Waals surface area contributed by atoms with E-state index in [0.717, 1.165) is 12.4 Å². The Bertz CT molecular complexity index is 303. The van der Waals surface area contributed by atoms with Crippen LogP contribution in [-0.2, 0) is 6.42 Å². The third-order valence-corrected chi connectivity index (χ3v) is 2.69. The van der Waals surface area contributed by atoms with Gasteiger partial charge in [-0.2, -0.15) is 0 Å². The van der Waals surface area contributed by atoms with Gasteiger partial charge in [-0.1, -0.05) is 6.92 Å². The highest BCUT2D eigenvalue weighted by Crippen LogP contribution is 2.26. The summed E-state index contributed by atoms with van der Waals surface area (Å²) in [6.07, 6.45) is 4.37. The molecule has 0 aliphatic carbocycles. The maximum Gasteiger partial charge on any atom is 0.203 e. The van der Waals surface area contributed by atoms with E-state index < -0.39 is 0 Å². The van der Waals surface area contributed by atoms with Crippen molar-refractivity contribution < 1.29 is 0 Å². The van der Waals surface area contributed by atoms with Gasteiger partial charge in [0.15, 0.2) is 0 Å². The molecule has 72 valence electrons. The molecule has 0 saturated carbocycles. The lowest BCUT2D eigenvalue weighted by Crippen LogP contribution is -2.28. The van der Waals surface area contributed by atoms with E-state index in [4.69, 9.17) is 0 Å². The van der Waals surface area contributed by atoms with E-state index in [-0.39, 0.29) is 0 Å². The summed E-state index contributed by atoms with van der Waals surface area (Å²) in [6.45, 7) is 6.60. The van der Waals surface area contributed by atoms with Crippen LogP contribution in [0.1, 0.15) is 38.9 Å². The van der Waals surface area contributed by atoms with E-state index in [0.29, 0.717) is 12.1 Å². The topological polar surface area (TPSA) is 29.9 Å². The van der Waals surface area contributed by atoms with Gasteiger partial charge in [-0.3, -0.25) is 0 Å². The summed E-state index contributed by atoms with van der Waals surface area (Å²) in [5, 5.41) is 3.40. The van der Waals surface area contributed by atoms with Gasteiger partial charge < -0.3 is 9.88 Å². The van der Waals surface area contributed by atoms with E-state index in [9.17, 15) is 0 Å². The molecular weight excluding hydrogens is 162 g/mol. The van der Waals surface area contributed by atoms with Crippen molar-refractivity contribution in [1.82, 2.24) is 9.55 Å². The van der Waals surface area contributed by atoms with Gasteiger partial charge in [-0.15, -0.1) is 0 Å². The number of hydrogen-bond acceptors (Lipinski definition) is 2. The lowest BCUT2D eigenvalue weighted by atomic mass is 10.1. The van der Waals surface area contributed by atoms with E-state index in [1.54, 1.807) is 0 Å². The zero-order chi connectivity index (χ0) is 9.42. The van der Waals surface area contributed by atoms with Crippen molar-refractivity contribution in [3.8, 4) is 0 Å². The molecule has 1 aliphatic rings. The maximum atomic E-state index is 4.52. The summed E-state index contributed by atoms with van der Waals surface area (Å²) in [6, 6.07) is 1.13. The van der Waals surface area contributed by atoms with Gasteiger partial charge >= 0.3 is 0 Å². The second kappa shape index (κ2) is 3.05. The molecule has 0 amide bonds. The fourth-order valence-electron chi connectivity index (χ4n) is 1.96. The lowest BCUT2D eigenvalue weighted by Gasteiger charge is -2.27. The van der Waals surface area contributed by atoms with Gasteiger partial charge in [-0.25, -0.2) is 4.98 Å². The molecule has 3 nitrogen and oxygen atoms in total. The number of aryl methyl sites for hydroxylation is 1. The largest absolute Gasteiger partial charge is 0.353 e. The van der Waals surface area contributed by atoms with Gasteiger partial charge in [0.1, 0.15) is 0 Å². The van der Waals surface area contributed by atoms with E-state index in [1.807, 2.05) is 0 Å². The number of nitrogens with zero attached hydrogens (tertiary/aromatic N) is 2. The molecule has 0 bridgehead atoms. The van der Waals surface area contributed by atoms with Gasteiger partial charge in [0.05, 0.1) is 5.69 Å². The highest BCUT2D eigenvalue weighted by Gasteiger charge is 2.21. The molecule has 1 N–H and O–H groups in total. The fraction of sp³-hybridized carbons (Fsp3) is 0.700. The van der Waals surface area contributed by atoms with E-state index in [2.05, 4.69) is 41.8 Å². The van der Waals surface area contributed by atoms with Crippen LogP contribution in [0.2, 0.25) is 0 Å². The molecule has 0 aromatic carbocycles. The quantitative estimate of drug-likeness (QED) is 0.716. The van der Waals surface area contributed by atoms with Gasteiger partial charge in [0.25, 0.3) is 0 Å². The van der Waals surface area contributed by atoms with Crippen LogP contribution in [-0.4, -0.2) is 15.6 Å². The molecule has 2 atom stereocenters. The molecule has 0 radical (unpaired) electrons. The number of hydrogen-bond donors (Lipinski definition) is 1. The minimum atomic E-state index is 0.551. The van der Waals surface area contributed by atoms with Crippen LogP contribution < -0.4 is 5.32 Å². The first-order chi connectivity index (χ1) is 6.20. The Morgan fingerprint density at radius 2 is 2.38 bits per heavy atom. The Morgan fingerprint density at radius 1 is 1.62 bits per heavy atom. The summed E-state index contributed by atoms with van der Waals surface area (Å²) in [4.78, 5) is 4.52. The van der Waals surface area contributed by atoms with Crippen molar-refractivity contribution in [1.29, 1.82) is 0 Å². The highest BCUT2D eigenvalue weighted by atomic mass is 15.2. The van der Waals surface area contributed by atoms with Crippen molar-refractivity contribution in [2.45, 2.75) is 45.7 Å². The van der Waals surface area contributed by atoms with Gasteiger partial charge in [0, 0.05) is 18.3 Å². The SMILES string of the molecule is CCc1cn2c(n1)NC(C)CC2C. The normalized spacial score (nSPS) is 26.7. The molecule has 3 heteroatoms. The Balaban J connectivity index is 2.35. The maximum absolute atomic E-state index is 4.52. The molecule has 2 rings (SSSR count). The molecule has 1 aromatic rings. The number of imidazole rings is 1. The van der Waals surface area contributed by atoms with Crippen molar-refractivity contribution in [2.24, 2.45) is 0 Å². The average molecular weight is 179 g/mol. The van der Waals surface area contributed by atoms with Crippen LogP contribution in [0.15, 0.2) is 6.20 Å². The van der Waals surface area contributed by atoms with Crippen LogP contribution >= 0.6 is 0 Å². The predicted octanol–water partition coefficient (Wildman–Crippen LogP) is 2.21. The molecule has 0 saturated heterocycles. The van der Waals surface area contributed by atoms with E-state index in [1.165, 1.54) is 12.1 Å². The smallest absolute Gasteiger partial charge is 0.203 e. The zero-order valence-corrected chi connectivity index (χ0v) is 8.54. The number of nitrogens with one attached hydrogen (secondary N) is 1. The molecule has 1 aliphatic heterocycles. The second-order valence-electron chi connectivity index (χ2n) is 3.95. The summed E-state index contributed by atoms with van der Waals surface area (Å²) < 4.78 is 2.25. The van der Waals surface area contributed by atoms with Crippen molar-refractivity contribution in [2.75, 3.05) is 5.32 Å². The average Bonchev–Trinajstić information content (AvgIpc) is 2.47. The standard InChI is InChI=1S/C10H17N3/c1-4-9-6-13-8(3)5-7(2)11-10(13)12-9/h6-8H,4-5H2,1-3H3,(H,11,12). The lowest BCUT2D eigenvalue weighted by molar-refractivity contribution is 0.449. The van der Waals surface area contributed by atoms with Crippen molar-refractivity contribution in [3.05, 3.63) is 11.9 Å². The van der Waals surface area contributed by atoms with Crippen LogP contribution in [0, 0.1) is 0 Å². The number of anilines is 1. The molecule has 0 spiro atoms. The third kappa shape index (κ3) is 1.43. The minimum Gasteiger partial charge on any atom is -0.353 e. The molecule has 0 fully saturated rings. The van der Waals surface area contributed by atoms with Crippen LogP contribution in [0.4, 0.5) is 5.95 Å². The molecule has 1 aromatic heterocycles. The molecule has 2 unspecified atom stereocenters. The number of fused-ring (bicyclic) bond motifs is 1. The fourth-order valence-corrected chi connectivity index (χ4v) is 1.96. The van der Waals surface area contributed by atoms with Crippen molar-refractivity contribution in [3.63, 3.8) is 0 Å². The van der Waals surface area contributed by atoms with Gasteiger partial charge in [0.2, 0.25) is 5.95 Å². The number of aromatic nitrogens is 2. The summed E-state index contributed by atoms with van der Waals surface area (Å²) in [5.41, 5.74) is 1.18. The summed E-state index contributed by atoms with van der Waals surface area (Å²) in [7, 11) is 0.